The summed E-state index contributed by atoms with van der Waals surface area (Å²) in [5, 5.41) is 0. The van der Waals surface area contributed by atoms with E-state index in [-0.39, 0.29) is 18.5 Å². The van der Waals surface area contributed by atoms with E-state index in [1.807, 2.05) is 0 Å². The van der Waals surface area contributed by atoms with Crippen LogP contribution < -0.4 is 0 Å². The smallest absolute Gasteiger partial charge is 0.298 e. The van der Waals surface area contributed by atoms with E-state index >= 15 is 0 Å². The zero-order valence-electron chi connectivity index (χ0n) is 9.19. The third-order valence-corrected chi connectivity index (χ3v) is 2.23. The van der Waals surface area contributed by atoms with Crippen LogP contribution in [0.2, 0.25) is 0 Å². The van der Waals surface area contributed by atoms with Crippen LogP contribution in [0.15, 0.2) is 18.2 Å². The SMILES string of the molecule is CN(CCc1ccc(F)cc1F)CC(F)(F)F. The minimum Gasteiger partial charge on any atom is -0.298 e. The summed E-state index contributed by atoms with van der Waals surface area (Å²) < 4.78 is 61.7. The normalized spacial score (nSPS) is 12.2. The number of benzene rings is 1. The van der Waals surface area contributed by atoms with Gasteiger partial charge in [0.1, 0.15) is 11.6 Å². The summed E-state index contributed by atoms with van der Waals surface area (Å²) in [6, 6.07) is 3.05. The van der Waals surface area contributed by atoms with E-state index in [1.54, 1.807) is 0 Å². The fraction of sp³-hybridized carbons (Fsp3) is 0.455. The second-order valence-electron chi connectivity index (χ2n) is 3.84. The van der Waals surface area contributed by atoms with Crippen molar-refractivity contribution in [3.05, 3.63) is 35.4 Å². The van der Waals surface area contributed by atoms with Crippen LogP contribution in [0.25, 0.3) is 0 Å². The zero-order chi connectivity index (χ0) is 13.1. The van der Waals surface area contributed by atoms with Crippen LogP contribution in [0.5, 0.6) is 0 Å². The van der Waals surface area contributed by atoms with Crippen LogP contribution in [-0.4, -0.2) is 31.2 Å². The molecule has 0 aliphatic rings. The van der Waals surface area contributed by atoms with Crippen LogP contribution in [-0.2, 0) is 6.42 Å². The van der Waals surface area contributed by atoms with E-state index in [9.17, 15) is 22.0 Å². The predicted octanol–water partition coefficient (Wildman–Crippen LogP) is 3.00. The second-order valence-corrected chi connectivity index (χ2v) is 3.84. The number of nitrogens with zero attached hydrogens (tertiary/aromatic N) is 1. The van der Waals surface area contributed by atoms with Gasteiger partial charge < -0.3 is 0 Å². The average Bonchev–Trinajstić information content (AvgIpc) is 2.13. The molecule has 0 aromatic heterocycles. The molecule has 0 bridgehead atoms. The molecular formula is C11H12F5N. The lowest BCUT2D eigenvalue weighted by molar-refractivity contribution is -0.142. The number of halogens is 5. The van der Waals surface area contributed by atoms with E-state index in [0.29, 0.717) is 0 Å². The largest absolute Gasteiger partial charge is 0.401 e. The van der Waals surface area contributed by atoms with Gasteiger partial charge in [0.2, 0.25) is 0 Å². The van der Waals surface area contributed by atoms with Crippen molar-refractivity contribution in [1.82, 2.24) is 4.90 Å². The highest BCUT2D eigenvalue weighted by Gasteiger charge is 2.28. The van der Waals surface area contributed by atoms with Crippen LogP contribution in [0.1, 0.15) is 5.56 Å². The van der Waals surface area contributed by atoms with Crippen molar-refractivity contribution in [2.24, 2.45) is 0 Å². The highest BCUT2D eigenvalue weighted by atomic mass is 19.4. The quantitative estimate of drug-likeness (QED) is 0.745. The summed E-state index contributed by atoms with van der Waals surface area (Å²) in [5.41, 5.74) is 0.209. The lowest BCUT2D eigenvalue weighted by Gasteiger charge is -2.18. The van der Waals surface area contributed by atoms with Gasteiger partial charge in [0.25, 0.3) is 0 Å². The van der Waals surface area contributed by atoms with E-state index < -0.39 is 24.4 Å². The zero-order valence-corrected chi connectivity index (χ0v) is 9.19. The lowest BCUT2D eigenvalue weighted by atomic mass is 10.1. The maximum absolute atomic E-state index is 13.2. The molecule has 0 spiro atoms. The lowest BCUT2D eigenvalue weighted by Crippen LogP contribution is -2.32. The van der Waals surface area contributed by atoms with Gasteiger partial charge in [-0.3, -0.25) is 4.90 Å². The molecule has 0 atom stereocenters. The minimum absolute atomic E-state index is 0.0576. The Kier molecular flexibility index (Phi) is 4.45. The van der Waals surface area contributed by atoms with Gasteiger partial charge in [-0.15, -0.1) is 0 Å². The fourth-order valence-corrected chi connectivity index (χ4v) is 1.42. The minimum atomic E-state index is -4.27. The molecule has 1 nitrogen and oxygen atoms in total. The standard InChI is InChI=1S/C11H12F5N/c1-17(7-11(14,15)16)5-4-8-2-3-9(12)6-10(8)13/h2-3,6H,4-5,7H2,1H3. The van der Waals surface area contributed by atoms with Gasteiger partial charge in [-0.25, -0.2) is 8.78 Å². The summed E-state index contributed by atoms with van der Waals surface area (Å²) in [7, 11) is 1.30. The number of rotatable bonds is 4. The van der Waals surface area contributed by atoms with Crippen molar-refractivity contribution in [3.63, 3.8) is 0 Å². The molecule has 1 aromatic carbocycles. The molecule has 0 amide bonds. The highest BCUT2D eigenvalue weighted by Crippen LogP contribution is 2.16. The van der Waals surface area contributed by atoms with Crippen molar-refractivity contribution in [2.45, 2.75) is 12.6 Å². The maximum Gasteiger partial charge on any atom is 0.401 e. The average molecular weight is 253 g/mol. The predicted molar refractivity (Wildman–Crippen MR) is 53.6 cm³/mol. The third-order valence-electron chi connectivity index (χ3n) is 2.23. The fourth-order valence-electron chi connectivity index (χ4n) is 1.42. The Morgan fingerprint density at radius 1 is 1.18 bits per heavy atom. The molecule has 0 saturated heterocycles. The van der Waals surface area contributed by atoms with Gasteiger partial charge in [-0.05, 0) is 25.1 Å². The molecule has 0 fully saturated rings. The van der Waals surface area contributed by atoms with Crippen LogP contribution >= 0.6 is 0 Å². The number of hydrogen-bond acceptors (Lipinski definition) is 1. The van der Waals surface area contributed by atoms with Crippen LogP contribution in [0.3, 0.4) is 0 Å². The van der Waals surface area contributed by atoms with Crippen molar-refractivity contribution >= 4 is 0 Å². The summed E-state index contributed by atoms with van der Waals surface area (Å²) in [6.45, 7) is -0.988. The Morgan fingerprint density at radius 3 is 2.35 bits per heavy atom. The second kappa shape index (κ2) is 5.44. The topological polar surface area (TPSA) is 3.24 Å². The Morgan fingerprint density at radius 2 is 1.82 bits per heavy atom. The van der Waals surface area contributed by atoms with Crippen molar-refractivity contribution in [1.29, 1.82) is 0 Å². The molecule has 0 saturated carbocycles. The molecule has 0 aliphatic carbocycles. The Labute approximate surface area is 95.8 Å². The van der Waals surface area contributed by atoms with E-state index in [1.165, 1.54) is 13.1 Å². The van der Waals surface area contributed by atoms with Gasteiger partial charge in [0, 0.05) is 12.6 Å². The van der Waals surface area contributed by atoms with Gasteiger partial charge in [-0.1, -0.05) is 6.07 Å². The summed E-state index contributed by atoms with van der Waals surface area (Å²) in [4.78, 5) is 1.04. The molecular weight excluding hydrogens is 241 g/mol. The molecule has 0 radical (unpaired) electrons. The van der Waals surface area contributed by atoms with Crippen molar-refractivity contribution in [3.8, 4) is 0 Å². The van der Waals surface area contributed by atoms with E-state index in [4.69, 9.17) is 0 Å². The summed E-state index contributed by atoms with van der Waals surface area (Å²) in [5.74, 6) is -1.43. The first kappa shape index (κ1) is 13.9. The van der Waals surface area contributed by atoms with Gasteiger partial charge in [0.05, 0.1) is 6.54 Å². The Hall–Kier alpha value is -1.17. The van der Waals surface area contributed by atoms with Gasteiger partial charge in [0.15, 0.2) is 0 Å². The third kappa shape index (κ3) is 5.12. The first-order valence-electron chi connectivity index (χ1n) is 4.97. The van der Waals surface area contributed by atoms with Gasteiger partial charge >= 0.3 is 6.18 Å². The number of hydrogen-bond donors (Lipinski definition) is 0. The summed E-state index contributed by atoms with van der Waals surface area (Å²) >= 11 is 0. The molecule has 1 rings (SSSR count). The maximum atomic E-state index is 13.2. The number of alkyl halides is 3. The monoisotopic (exact) mass is 253 g/mol. The molecule has 1 aromatic rings. The molecule has 6 heteroatoms. The van der Waals surface area contributed by atoms with E-state index in [2.05, 4.69) is 0 Å². The van der Waals surface area contributed by atoms with Crippen molar-refractivity contribution < 1.29 is 22.0 Å². The number of likely N-dealkylation sites (N-methyl/N-ethyl adjacent to an activating group) is 1. The molecule has 0 aliphatic heterocycles. The Bertz CT molecular complexity index is 375. The first-order chi connectivity index (χ1) is 7.78. The van der Waals surface area contributed by atoms with E-state index in [0.717, 1.165) is 17.0 Å². The first-order valence-corrected chi connectivity index (χ1v) is 4.97. The van der Waals surface area contributed by atoms with Crippen molar-refractivity contribution in [2.75, 3.05) is 20.1 Å². The summed E-state index contributed by atoms with van der Waals surface area (Å²) in [6.07, 6.45) is -4.16. The van der Waals surface area contributed by atoms with Gasteiger partial charge in [-0.2, -0.15) is 13.2 Å². The Balaban J connectivity index is 2.50. The molecule has 0 unspecified atom stereocenters. The molecule has 17 heavy (non-hydrogen) atoms. The van der Waals surface area contributed by atoms with Crippen LogP contribution in [0.4, 0.5) is 22.0 Å². The molecule has 0 N–H and O–H groups in total. The highest BCUT2D eigenvalue weighted by molar-refractivity contribution is 5.18. The molecule has 0 heterocycles. The van der Waals surface area contributed by atoms with Crippen LogP contribution in [0, 0.1) is 11.6 Å². The molecule has 96 valence electrons.